The summed E-state index contributed by atoms with van der Waals surface area (Å²) in [6.45, 7) is 4.02. The van der Waals surface area contributed by atoms with Crippen molar-refractivity contribution in [2.75, 3.05) is 26.0 Å². The quantitative estimate of drug-likeness (QED) is 0.439. The molecule has 138 valence electrons. The van der Waals surface area contributed by atoms with Gasteiger partial charge in [0.15, 0.2) is 5.78 Å². The molecule has 2 aromatic rings. The standard InChI is InChI=1S/C20H25N3O3/c1-5-15-6-8-16(9-7-15)20(22(3)4)13-21-18-11-10-17(14(2)24)12-19(18)23(25)26/h6-12,20-21H,5,13H2,1-4H3/t20-/m1/s1. The second-order valence-corrected chi connectivity index (χ2v) is 6.50. The Balaban J connectivity index is 2.23. The minimum Gasteiger partial charge on any atom is -0.378 e. The Morgan fingerprint density at radius 3 is 2.35 bits per heavy atom. The lowest BCUT2D eigenvalue weighted by Gasteiger charge is -2.25. The third-order valence-corrected chi connectivity index (χ3v) is 4.48. The predicted octanol–water partition coefficient (Wildman–Crippen LogP) is 4.07. The number of nitro groups is 1. The lowest BCUT2D eigenvalue weighted by atomic mass is 10.0. The SMILES string of the molecule is CCc1ccc([C@@H](CNc2ccc(C(C)=O)cc2[N+](=O)[O-])N(C)C)cc1. The van der Waals surface area contributed by atoms with Crippen molar-refractivity contribution in [1.29, 1.82) is 0 Å². The van der Waals surface area contributed by atoms with E-state index in [1.807, 2.05) is 14.1 Å². The molecule has 0 heterocycles. The van der Waals surface area contributed by atoms with E-state index in [2.05, 4.69) is 41.4 Å². The van der Waals surface area contributed by atoms with Gasteiger partial charge < -0.3 is 10.2 Å². The maximum Gasteiger partial charge on any atom is 0.293 e. The van der Waals surface area contributed by atoms with E-state index >= 15 is 0 Å². The van der Waals surface area contributed by atoms with Crippen molar-refractivity contribution in [2.24, 2.45) is 0 Å². The summed E-state index contributed by atoms with van der Waals surface area (Å²) in [5.41, 5.74) is 3.08. The summed E-state index contributed by atoms with van der Waals surface area (Å²) in [5.74, 6) is -0.193. The average Bonchev–Trinajstić information content (AvgIpc) is 2.62. The number of nitrogens with zero attached hydrogens (tertiary/aromatic N) is 2. The van der Waals surface area contributed by atoms with E-state index in [-0.39, 0.29) is 17.5 Å². The molecule has 6 heteroatoms. The van der Waals surface area contributed by atoms with Crippen molar-refractivity contribution >= 4 is 17.2 Å². The minimum atomic E-state index is -0.463. The topological polar surface area (TPSA) is 75.5 Å². The van der Waals surface area contributed by atoms with Gasteiger partial charge in [-0.2, -0.15) is 0 Å². The Bertz CT molecular complexity index is 785. The fourth-order valence-electron chi connectivity index (χ4n) is 2.83. The lowest BCUT2D eigenvalue weighted by molar-refractivity contribution is -0.384. The first-order chi connectivity index (χ1) is 12.3. The smallest absolute Gasteiger partial charge is 0.293 e. The van der Waals surface area contributed by atoms with E-state index in [0.717, 1.165) is 12.0 Å². The fraction of sp³-hybridized carbons (Fsp3) is 0.350. The highest BCUT2D eigenvalue weighted by molar-refractivity contribution is 5.95. The summed E-state index contributed by atoms with van der Waals surface area (Å²) in [5, 5.41) is 14.5. The normalized spacial score (nSPS) is 12.0. The van der Waals surface area contributed by atoms with Gasteiger partial charge >= 0.3 is 0 Å². The summed E-state index contributed by atoms with van der Waals surface area (Å²) in [7, 11) is 3.96. The number of benzene rings is 2. The Morgan fingerprint density at radius 2 is 1.85 bits per heavy atom. The van der Waals surface area contributed by atoms with Gasteiger partial charge in [0.05, 0.1) is 11.0 Å². The third-order valence-electron chi connectivity index (χ3n) is 4.48. The highest BCUT2D eigenvalue weighted by Crippen LogP contribution is 2.27. The number of hydrogen-bond acceptors (Lipinski definition) is 5. The molecular formula is C20H25N3O3. The first-order valence-corrected chi connectivity index (χ1v) is 8.62. The van der Waals surface area contributed by atoms with Crippen LogP contribution >= 0.6 is 0 Å². The molecule has 0 unspecified atom stereocenters. The largest absolute Gasteiger partial charge is 0.378 e. The molecule has 6 nitrogen and oxygen atoms in total. The number of carbonyl (C=O) groups excluding carboxylic acids is 1. The lowest BCUT2D eigenvalue weighted by Crippen LogP contribution is -2.27. The van der Waals surface area contributed by atoms with Gasteiger partial charge in [0.2, 0.25) is 0 Å². The van der Waals surface area contributed by atoms with Crippen molar-refractivity contribution < 1.29 is 9.72 Å². The van der Waals surface area contributed by atoms with Crippen molar-refractivity contribution in [3.8, 4) is 0 Å². The first kappa shape index (κ1) is 19.6. The van der Waals surface area contributed by atoms with Crippen molar-refractivity contribution in [1.82, 2.24) is 4.90 Å². The van der Waals surface area contributed by atoms with Gasteiger partial charge in [-0.3, -0.25) is 14.9 Å². The third kappa shape index (κ3) is 4.67. The molecule has 0 aromatic heterocycles. The number of nitrogens with one attached hydrogen (secondary N) is 1. The average molecular weight is 355 g/mol. The molecule has 0 fully saturated rings. The summed E-state index contributed by atoms with van der Waals surface area (Å²) < 4.78 is 0. The van der Waals surface area contributed by atoms with Crippen molar-refractivity contribution in [2.45, 2.75) is 26.3 Å². The van der Waals surface area contributed by atoms with E-state index in [1.54, 1.807) is 12.1 Å². The molecule has 0 bridgehead atoms. The summed E-state index contributed by atoms with van der Waals surface area (Å²) in [6, 6.07) is 13.0. The van der Waals surface area contributed by atoms with E-state index in [0.29, 0.717) is 17.8 Å². The number of likely N-dealkylation sites (N-methyl/N-ethyl adjacent to an activating group) is 1. The van der Waals surface area contributed by atoms with Crippen LogP contribution in [-0.4, -0.2) is 36.2 Å². The van der Waals surface area contributed by atoms with Crippen LogP contribution in [0.15, 0.2) is 42.5 Å². The number of ketones is 1. The van der Waals surface area contributed by atoms with Gasteiger partial charge in [0.25, 0.3) is 5.69 Å². The number of hydrogen-bond donors (Lipinski definition) is 1. The maximum absolute atomic E-state index is 11.5. The minimum absolute atomic E-state index is 0.0630. The molecular weight excluding hydrogens is 330 g/mol. The highest BCUT2D eigenvalue weighted by Gasteiger charge is 2.19. The van der Waals surface area contributed by atoms with Crippen LogP contribution in [0.2, 0.25) is 0 Å². The number of anilines is 1. The Hall–Kier alpha value is -2.73. The molecule has 0 saturated heterocycles. The second-order valence-electron chi connectivity index (χ2n) is 6.50. The van der Waals surface area contributed by atoms with Crippen molar-refractivity contribution in [3.63, 3.8) is 0 Å². The monoisotopic (exact) mass is 355 g/mol. The molecule has 1 atom stereocenters. The van der Waals surface area contributed by atoms with Crippen molar-refractivity contribution in [3.05, 3.63) is 69.3 Å². The van der Waals surface area contributed by atoms with Crippen LogP contribution in [-0.2, 0) is 6.42 Å². The molecule has 0 aliphatic heterocycles. The van der Waals surface area contributed by atoms with Gasteiger partial charge in [-0.1, -0.05) is 31.2 Å². The van der Waals surface area contributed by atoms with E-state index < -0.39 is 4.92 Å². The summed E-state index contributed by atoms with van der Waals surface area (Å²) >= 11 is 0. The molecule has 0 amide bonds. The summed E-state index contributed by atoms with van der Waals surface area (Å²) in [4.78, 5) is 24.4. The van der Waals surface area contributed by atoms with Crippen LogP contribution in [0.4, 0.5) is 11.4 Å². The van der Waals surface area contributed by atoms with Crippen LogP contribution in [0.3, 0.4) is 0 Å². The zero-order valence-corrected chi connectivity index (χ0v) is 15.7. The zero-order chi connectivity index (χ0) is 19.3. The Morgan fingerprint density at radius 1 is 1.19 bits per heavy atom. The maximum atomic E-state index is 11.5. The van der Waals surface area contributed by atoms with Gasteiger partial charge in [-0.25, -0.2) is 0 Å². The Kier molecular flexibility index (Phi) is 6.46. The molecule has 0 saturated carbocycles. The molecule has 0 aliphatic rings. The molecule has 26 heavy (non-hydrogen) atoms. The van der Waals surface area contributed by atoms with Crippen LogP contribution in [0.5, 0.6) is 0 Å². The van der Waals surface area contributed by atoms with E-state index in [1.165, 1.54) is 18.6 Å². The van der Waals surface area contributed by atoms with Gasteiger partial charge in [0, 0.05) is 18.2 Å². The van der Waals surface area contributed by atoms with E-state index in [4.69, 9.17) is 0 Å². The Labute approximate surface area is 154 Å². The van der Waals surface area contributed by atoms with Gasteiger partial charge in [-0.15, -0.1) is 0 Å². The number of aryl methyl sites for hydroxylation is 1. The predicted molar refractivity (Wildman–Crippen MR) is 104 cm³/mol. The molecule has 2 rings (SSSR count). The van der Waals surface area contributed by atoms with Crippen LogP contribution < -0.4 is 5.32 Å². The molecule has 2 aromatic carbocycles. The highest BCUT2D eigenvalue weighted by atomic mass is 16.6. The zero-order valence-electron chi connectivity index (χ0n) is 15.7. The van der Waals surface area contributed by atoms with E-state index in [9.17, 15) is 14.9 Å². The molecule has 0 spiro atoms. The van der Waals surface area contributed by atoms with Crippen LogP contribution in [0.1, 0.15) is 41.4 Å². The molecule has 0 aliphatic carbocycles. The molecule has 0 radical (unpaired) electrons. The second kappa shape index (κ2) is 8.58. The number of nitro benzene ring substituents is 1. The number of Topliss-reactive ketones (excluding diaryl/α,β-unsaturated/α-hetero) is 1. The summed E-state index contributed by atoms with van der Waals surface area (Å²) in [6.07, 6.45) is 0.986. The first-order valence-electron chi connectivity index (χ1n) is 8.62. The number of rotatable bonds is 8. The van der Waals surface area contributed by atoms with Crippen LogP contribution in [0, 0.1) is 10.1 Å². The van der Waals surface area contributed by atoms with Gasteiger partial charge in [-0.05, 0) is 50.7 Å². The van der Waals surface area contributed by atoms with Crippen LogP contribution in [0.25, 0.3) is 0 Å². The fourth-order valence-corrected chi connectivity index (χ4v) is 2.83. The molecule has 1 N–H and O–H groups in total. The van der Waals surface area contributed by atoms with Gasteiger partial charge in [0.1, 0.15) is 5.69 Å². The number of carbonyl (C=O) groups is 1.